The van der Waals surface area contributed by atoms with Crippen molar-refractivity contribution in [2.24, 2.45) is 0 Å². The second kappa shape index (κ2) is 764. The predicted octanol–water partition coefficient (Wildman–Crippen LogP) is 15.1. The van der Waals surface area contributed by atoms with Gasteiger partial charge in [0.05, 0.1) is 81.3 Å². The van der Waals surface area contributed by atoms with Crippen LogP contribution in [0.25, 0.3) is 0 Å². The minimum Gasteiger partial charge on any atom is -0.394 e. The maximum atomic E-state index is 7.94. The van der Waals surface area contributed by atoms with Crippen LogP contribution in [0.2, 0.25) is 0 Å². The molecule has 0 saturated heterocycles. The number of ether oxygens (including phenoxy) is 4. The quantitative estimate of drug-likeness (QED) is 0.0488. The molecule has 0 saturated carbocycles. The van der Waals surface area contributed by atoms with E-state index in [9.17, 15) is 0 Å². The Morgan fingerprint density at radius 2 is 0.309 bits per heavy atom. The zero-order chi connectivity index (χ0) is 38.0. The second-order valence-electron chi connectivity index (χ2n) is 4.30. The molecule has 0 fully saturated rings. The van der Waals surface area contributed by atoms with Crippen LogP contribution in [0.4, 0.5) is 0 Å². The summed E-state index contributed by atoms with van der Waals surface area (Å²) < 4.78 is 17.8. The number of aliphatic hydroxyl groups is 4. The summed E-state index contributed by atoms with van der Waals surface area (Å²) >= 11 is 0. The molecule has 0 aromatic carbocycles. The molecule has 8 N–H and O–H groups in total. The third-order valence-electron chi connectivity index (χ3n) is 1.18. The number of aliphatic hydroxyl groups excluding tert-OH is 4. The summed E-state index contributed by atoms with van der Waals surface area (Å²) in [7, 11) is 10.9. The average Bonchev–Trinajstić information content (AvgIpc) is 3.02. The monoisotopic (exact) mass is 2380 g/mol. The van der Waals surface area contributed by atoms with Crippen molar-refractivity contribution in [3.05, 3.63) is 74.9 Å². The minimum atomic E-state index is 0. The molecule has 0 amide bonds. The third-order valence-corrected chi connectivity index (χ3v) is 1.18. The zero-order valence-corrected chi connectivity index (χ0v) is 59.8. The molecular formula is C46H145O16U6-3. The van der Waals surface area contributed by atoms with E-state index < -0.39 is 0 Å². The van der Waals surface area contributed by atoms with Gasteiger partial charge in [0.2, 0.25) is 0 Å². The number of methoxy groups -OCH3 is 4. The largest absolute Gasteiger partial charge is 0.394 e. The van der Waals surface area contributed by atoms with Crippen molar-refractivity contribution in [3.8, 4) is 0 Å². The van der Waals surface area contributed by atoms with E-state index in [1.807, 2.05) is 0 Å². The summed E-state index contributed by atoms with van der Waals surface area (Å²) in [6, 6.07) is 0. The Kier molecular flexibility index (Phi) is 3490. The molecule has 0 rings (SSSR count). The molecule has 68 heavy (non-hydrogen) atoms. The average molecular weight is 2380 g/mol. The Hall–Kier alpha value is 4.63. The van der Waals surface area contributed by atoms with Crippen LogP contribution < -0.4 is 0 Å². The molecule has 0 aromatic heterocycles. The molecule has 0 aliphatic carbocycles. The summed E-state index contributed by atoms with van der Waals surface area (Å²) in [5.74, 6) is 0. The summed E-state index contributed by atoms with van der Waals surface area (Å²) in [5, 5.41) is 60.0. The van der Waals surface area contributed by atoms with Crippen LogP contribution in [-0.4, -0.2) is 151 Å². The standard InChI is InChI=1S/4C3H8O2.C3H8.4C2H4.4CH4O2.16CH4.3CH3.6U/c4*1-5-3-2-4;1-3-2;4*1-2;4*1-3-2;;;;;;;;;;;;;;;;;;;;;;;;;/h4*4H,2-3H2,1H3;3H2,1-2H3;4*1-2H2;4*2H,1H3;16*1H4;3*1H3;;;;;;/q;;;;;;;;;;;;;;;;;;;;;;;;;;;;;3*-1;;;;;;. The van der Waals surface area contributed by atoms with Crippen molar-refractivity contribution in [2.45, 2.75) is 139 Å². The Morgan fingerprint density at radius 3 is 0.309 bits per heavy atom. The second-order valence-corrected chi connectivity index (χ2v) is 4.30. The topological polar surface area (TPSA) is 236 Å². The van der Waals surface area contributed by atoms with E-state index in [1.54, 1.807) is 28.4 Å². The van der Waals surface area contributed by atoms with Gasteiger partial charge in [-0.1, -0.05) is 139 Å². The molecule has 0 aliphatic rings. The van der Waals surface area contributed by atoms with Gasteiger partial charge in [-0.25, -0.2) is 19.6 Å². The van der Waals surface area contributed by atoms with E-state index in [2.05, 4.69) is 105 Å². The van der Waals surface area contributed by atoms with Crippen LogP contribution in [0.5, 0.6) is 0 Å². The molecule has 452 valence electrons. The Balaban J connectivity index is -0.00000000390. The fraction of sp³-hybridized carbons (Fsp3) is 0.761. The first kappa shape index (κ1) is 311. The summed E-state index contributed by atoms with van der Waals surface area (Å²) in [6.07, 6.45) is 1.25. The van der Waals surface area contributed by atoms with Crippen molar-refractivity contribution in [2.75, 3.05) is 110 Å². The molecule has 0 aromatic rings. The van der Waals surface area contributed by atoms with E-state index in [4.69, 9.17) is 41.5 Å². The molecule has 0 radical (unpaired) electrons. The van der Waals surface area contributed by atoms with Gasteiger partial charge in [-0.05, 0) is 0 Å². The normalized spacial score (nSPS) is 4.03. The predicted molar refractivity (Wildman–Crippen MR) is 302 cm³/mol. The fourth-order valence-electron chi connectivity index (χ4n) is 0.365. The molecule has 16 nitrogen and oxygen atoms in total. The van der Waals surface area contributed by atoms with Crippen LogP contribution in [0.3, 0.4) is 0 Å². The Bertz CT molecular complexity index is 213. The molecule has 0 aliphatic heterocycles. The van der Waals surface area contributed by atoms with E-state index in [0.717, 1.165) is 0 Å². The Labute approximate surface area is 582 Å². The van der Waals surface area contributed by atoms with Crippen molar-refractivity contribution >= 4 is 0 Å². The maximum absolute atomic E-state index is 7.94. The SMILES string of the molecule is C.C.C.C.C.C.C.C.C.C.C.C.C.C.C.C.C=C.C=C.C=C.C=C.CCC.COCCO.COCCO.COCCO.COCCO.COO.COO.COO.COO.[CH3-].[CH3-].[CH3-].[U].[U].[U].[U].[U].[U]. The van der Waals surface area contributed by atoms with E-state index in [0.29, 0.717) is 26.4 Å². The number of hydrogen-bond acceptors (Lipinski definition) is 16. The first-order valence-electron chi connectivity index (χ1n) is 11.8. The Morgan fingerprint density at radius 1 is 0.265 bits per heavy atom. The zero-order valence-electron chi connectivity index (χ0n) is 34.9. The first-order valence-corrected chi connectivity index (χ1v) is 11.8. The van der Waals surface area contributed by atoms with Crippen LogP contribution in [-0.2, 0) is 38.5 Å². The van der Waals surface area contributed by atoms with Crippen molar-refractivity contribution < 1.29 is 267 Å². The van der Waals surface area contributed by atoms with Gasteiger partial charge in [-0.2, -0.15) is 0 Å². The van der Waals surface area contributed by atoms with Gasteiger partial charge in [-0.3, -0.25) is 21.0 Å². The van der Waals surface area contributed by atoms with Gasteiger partial charge >= 0.3 is 0 Å². The molecule has 0 atom stereocenters. The molecule has 0 spiro atoms. The van der Waals surface area contributed by atoms with Crippen LogP contribution >= 0.6 is 0 Å². The molecular weight excluding hydrogens is 2240 g/mol. The minimum absolute atomic E-state index is 0. The first-order chi connectivity index (χ1) is 20.7. The van der Waals surface area contributed by atoms with Crippen LogP contribution in [0.15, 0.2) is 52.6 Å². The third kappa shape index (κ3) is 2150. The van der Waals surface area contributed by atoms with Gasteiger partial charge in [0.25, 0.3) is 0 Å². The van der Waals surface area contributed by atoms with Crippen molar-refractivity contribution in [1.29, 1.82) is 0 Å². The number of rotatable bonds is 8. The maximum Gasteiger partial charge on any atom is 0.0710 e. The van der Waals surface area contributed by atoms with Crippen LogP contribution in [0, 0.1) is 209 Å². The number of hydrogen-bond donors (Lipinski definition) is 8. The van der Waals surface area contributed by atoms with Gasteiger partial charge in [0, 0.05) is 215 Å². The van der Waals surface area contributed by atoms with Gasteiger partial charge in [0.15, 0.2) is 0 Å². The van der Waals surface area contributed by atoms with E-state index in [1.165, 1.54) is 34.9 Å². The van der Waals surface area contributed by atoms with Gasteiger partial charge < -0.3 is 61.7 Å². The summed E-state index contributed by atoms with van der Waals surface area (Å²) in [6.45, 7) is 30.5. The summed E-state index contributed by atoms with van der Waals surface area (Å²) in [4.78, 5) is 13.0. The fourth-order valence-corrected chi connectivity index (χ4v) is 0.365. The molecule has 22 heteroatoms. The van der Waals surface area contributed by atoms with Crippen LogP contribution in [0.1, 0.15) is 139 Å². The molecule has 0 unspecified atom stereocenters. The van der Waals surface area contributed by atoms with Crippen molar-refractivity contribution in [1.82, 2.24) is 0 Å². The summed E-state index contributed by atoms with van der Waals surface area (Å²) in [5.41, 5.74) is 0. The van der Waals surface area contributed by atoms with E-state index in [-0.39, 0.29) is 354 Å². The van der Waals surface area contributed by atoms with Gasteiger partial charge in [0.1, 0.15) is 0 Å². The van der Waals surface area contributed by atoms with E-state index >= 15 is 0 Å². The van der Waals surface area contributed by atoms with Gasteiger partial charge in [-0.15, -0.1) is 52.6 Å². The smallest absolute Gasteiger partial charge is 0.0710 e. The van der Waals surface area contributed by atoms with Crippen molar-refractivity contribution in [3.63, 3.8) is 0 Å². The molecule has 0 heterocycles. The molecule has 0 bridgehead atoms.